The maximum atomic E-state index is 13.0. The van der Waals surface area contributed by atoms with Crippen molar-refractivity contribution in [2.45, 2.75) is 32.6 Å². The summed E-state index contributed by atoms with van der Waals surface area (Å²) in [6.07, 6.45) is 5.20. The average Bonchev–Trinajstić information content (AvgIpc) is 3.27. The number of anilines is 2. The summed E-state index contributed by atoms with van der Waals surface area (Å²) in [6, 6.07) is 7.59. The molecule has 9 nitrogen and oxygen atoms in total. The number of benzene rings is 1. The number of hydrogen-bond acceptors (Lipinski definition) is 7. The zero-order chi connectivity index (χ0) is 21.2. The first-order valence-electron chi connectivity index (χ1n) is 10.9. The van der Waals surface area contributed by atoms with Crippen LogP contribution in [-0.4, -0.2) is 51.8 Å². The van der Waals surface area contributed by atoms with E-state index in [-0.39, 0.29) is 11.8 Å². The lowest BCUT2D eigenvalue weighted by molar-refractivity contribution is -0.120. The first-order valence-corrected chi connectivity index (χ1v) is 10.9. The molecule has 1 N–H and O–H groups in total. The summed E-state index contributed by atoms with van der Waals surface area (Å²) in [5.74, 6) is 2.82. The molecule has 4 heterocycles. The predicted octanol–water partition coefficient (Wildman–Crippen LogP) is 2.70. The fraction of sp³-hybridized carbons (Fsp3) is 0.455. The number of aromatic nitrogens is 4. The zero-order valence-corrected chi connectivity index (χ0v) is 17.6. The van der Waals surface area contributed by atoms with Crippen molar-refractivity contribution >= 4 is 23.2 Å². The van der Waals surface area contributed by atoms with E-state index in [9.17, 15) is 4.79 Å². The molecule has 31 heavy (non-hydrogen) atoms. The second-order valence-corrected chi connectivity index (χ2v) is 7.96. The molecule has 1 atom stereocenters. The van der Waals surface area contributed by atoms with Gasteiger partial charge in [-0.3, -0.25) is 4.79 Å². The van der Waals surface area contributed by atoms with Gasteiger partial charge in [0.1, 0.15) is 25.4 Å². The minimum atomic E-state index is -0.122. The van der Waals surface area contributed by atoms with Gasteiger partial charge in [0.2, 0.25) is 5.91 Å². The fourth-order valence-electron chi connectivity index (χ4n) is 4.22. The molecule has 0 aliphatic carbocycles. The van der Waals surface area contributed by atoms with Gasteiger partial charge in [0.15, 0.2) is 11.5 Å². The van der Waals surface area contributed by atoms with Crippen molar-refractivity contribution in [3.8, 4) is 11.5 Å². The number of rotatable bonds is 5. The Balaban J connectivity index is 1.33. The van der Waals surface area contributed by atoms with Crippen molar-refractivity contribution in [2.24, 2.45) is 5.92 Å². The number of piperidine rings is 1. The average molecular weight is 422 g/mol. The molecule has 9 heteroatoms. The molecule has 5 rings (SSSR count). The highest BCUT2D eigenvalue weighted by atomic mass is 16.6. The van der Waals surface area contributed by atoms with Crippen molar-refractivity contribution < 1.29 is 14.3 Å². The molecule has 0 radical (unpaired) electrons. The molecule has 2 aromatic heterocycles. The number of fused-ring (bicyclic) bond motifs is 2. The van der Waals surface area contributed by atoms with Crippen LogP contribution >= 0.6 is 0 Å². The maximum Gasteiger partial charge on any atom is 0.254 e. The number of ether oxygens (including phenoxy) is 2. The highest BCUT2D eigenvalue weighted by Gasteiger charge is 2.28. The van der Waals surface area contributed by atoms with Crippen LogP contribution in [0.2, 0.25) is 0 Å². The highest BCUT2D eigenvalue weighted by Crippen LogP contribution is 2.33. The Labute approximate surface area is 180 Å². The van der Waals surface area contributed by atoms with E-state index >= 15 is 0 Å². The molecule has 1 aromatic carbocycles. The summed E-state index contributed by atoms with van der Waals surface area (Å²) in [5, 5.41) is 7.40. The molecule has 1 amide bonds. The van der Waals surface area contributed by atoms with Gasteiger partial charge in [-0.05, 0) is 31.4 Å². The summed E-state index contributed by atoms with van der Waals surface area (Å²) < 4.78 is 12.9. The van der Waals surface area contributed by atoms with Gasteiger partial charge in [0, 0.05) is 36.6 Å². The number of amides is 1. The van der Waals surface area contributed by atoms with Crippen LogP contribution in [0.5, 0.6) is 11.5 Å². The smallest absolute Gasteiger partial charge is 0.254 e. The molecule has 0 spiro atoms. The molecular weight excluding hydrogens is 396 g/mol. The first-order chi connectivity index (χ1) is 15.2. The fourth-order valence-corrected chi connectivity index (χ4v) is 4.22. The van der Waals surface area contributed by atoms with Crippen LogP contribution in [0, 0.1) is 5.92 Å². The predicted molar refractivity (Wildman–Crippen MR) is 116 cm³/mol. The Hall–Kier alpha value is -3.36. The van der Waals surface area contributed by atoms with Crippen LogP contribution in [-0.2, 0) is 11.2 Å². The van der Waals surface area contributed by atoms with E-state index in [0.717, 1.165) is 49.4 Å². The van der Waals surface area contributed by atoms with E-state index < -0.39 is 0 Å². The third-order valence-electron chi connectivity index (χ3n) is 5.72. The molecule has 0 bridgehead atoms. The Kier molecular flexibility index (Phi) is 5.31. The Morgan fingerprint density at radius 3 is 2.97 bits per heavy atom. The SMILES string of the molecule is CCCc1cc(N2CCCC(C(=O)Nc3ccc4c(c3)OCCO4)C2)n2ncnc2n1. The van der Waals surface area contributed by atoms with Crippen LogP contribution < -0.4 is 19.7 Å². The number of nitrogens with one attached hydrogen (secondary N) is 1. The van der Waals surface area contributed by atoms with Gasteiger partial charge in [-0.25, -0.2) is 4.98 Å². The van der Waals surface area contributed by atoms with E-state index in [0.29, 0.717) is 37.0 Å². The van der Waals surface area contributed by atoms with Crippen LogP contribution in [0.25, 0.3) is 5.78 Å². The molecule has 162 valence electrons. The Morgan fingerprint density at radius 2 is 2.10 bits per heavy atom. The molecule has 0 saturated carbocycles. The lowest BCUT2D eigenvalue weighted by Crippen LogP contribution is -2.41. The molecule has 1 fully saturated rings. The number of carbonyl (C=O) groups excluding carboxylic acids is 1. The molecule has 1 saturated heterocycles. The Morgan fingerprint density at radius 1 is 1.23 bits per heavy atom. The van der Waals surface area contributed by atoms with Crippen LogP contribution in [0.3, 0.4) is 0 Å². The van der Waals surface area contributed by atoms with Crippen molar-refractivity contribution in [1.29, 1.82) is 0 Å². The van der Waals surface area contributed by atoms with E-state index in [1.807, 2.05) is 18.2 Å². The standard InChI is InChI=1S/C22H26N6O3/c1-2-4-16-12-20(28-22(26-16)23-14-24-28)27-8-3-5-15(13-27)21(29)25-17-6-7-18-19(11-17)31-10-9-30-18/h6-7,11-12,14-15H,2-5,8-10,13H2,1H3,(H,25,29). The molecule has 3 aromatic rings. The van der Waals surface area contributed by atoms with Gasteiger partial charge >= 0.3 is 0 Å². The molecular formula is C22H26N6O3. The summed E-state index contributed by atoms with van der Waals surface area (Å²) >= 11 is 0. The second kappa shape index (κ2) is 8.41. The lowest BCUT2D eigenvalue weighted by Gasteiger charge is -2.33. The van der Waals surface area contributed by atoms with Gasteiger partial charge in [0.05, 0.1) is 5.92 Å². The van der Waals surface area contributed by atoms with Gasteiger partial charge < -0.3 is 19.7 Å². The van der Waals surface area contributed by atoms with Gasteiger partial charge in [-0.1, -0.05) is 13.3 Å². The van der Waals surface area contributed by atoms with Gasteiger partial charge in [-0.2, -0.15) is 14.6 Å². The van der Waals surface area contributed by atoms with Crippen molar-refractivity contribution in [3.05, 3.63) is 36.3 Å². The number of nitrogens with zero attached hydrogens (tertiary/aromatic N) is 5. The van der Waals surface area contributed by atoms with Crippen molar-refractivity contribution in [2.75, 3.05) is 36.5 Å². The van der Waals surface area contributed by atoms with Crippen LogP contribution in [0.4, 0.5) is 11.5 Å². The van der Waals surface area contributed by atoms with Crippen molar-refractivity contribution in [1.82, 2.24) is 19.6 Å². The highest BCUT2D eigenvalue weighted by molar-refractivity contribution is 5.93. The molecule has 2 aliphatic rings. The second-order valence-electron chi connectivity index (χ2n) is 7.96. The van der Waals surface area contributed by atoms with Gasteiger partial charge in [0.25, 0.3) is 5.78 Å². The number of carbonyl (C=O) groups is 1. The van der Waals surface area contributed by atoms with E-state index in [1.165, 1.54) is 6.33 Å². The minimum Gasteiger partial charge on any atom is -0.486 e. The lowest BCUT2D eigenvalue weighted by atomic mass is 9.97. The largest absolute Gasteiger partial charge is 0.486 e. The number of hydrogen-bond donors (Lipinski definition) is 1. The first kappa shape index (κ1) is 19.6. The van der Waals surface area contributed by atoms with Crippen molar-refractivity contribution in [3.63, 3.8) is 0 Å². The van der Waals surface area contributed by atoms with E-state index in [1.54, 1.807) is 4.52 Å². The summed E-state index contributed by atoms with van der Waals surface area (Å²) in [5.41, 5.74) is 1.72. The molecule has 1 unspecified atom stereocenters. The topological polar surface area (TPSA) is 93.9 Å². The maximum absolute atomic E-state index is 13.0. The quantitative estimate of drug-likeness (QED) is 0.676. The summed E-state index contributed by atoms with van der Waals surface area (Å²) in [4.78, 5) is 24.1. The Bertz CT molecular complexity index is 1100. The number of aryl methyl sites for hydroxylation is 1. The zero-order valence-electron chi connectivity index (χ0n) is 17.6. The monoisotopic (exact) mass is 422 g/mol. The summed E-state index contributed by atoms with van der Waals surface area (Å²) in [6.45, 7) is 4.70. The normalized spacial score (nSPS) is 18.2. The third kappa shape index (κ3) is 3.99. The minimum absolute atomic E-state index is 0.0130. The van der Waals surface area contributed by atoms with Crippen LogP contribution in [0.1, 0.15) is 31.9 Å². The van der Waals surface area contributed by atoms with Gasteiger partial charge in [-0.15, -0.1) is 0 Å². The summed E-state index contributed by atoms with van der Waals surface area (Å²) in [7, 11) is 0. The van der Waals surface area contributed by atoms with Crippen LogP contribution in [0.15, 0.2) is 30.6 Å². The third-order valence-corrected chi connectivity index (χ3v) is 5.72. The van der Waals surface area contributed by atoms with E-state index in [4.69, 9.17) is 9.47 Å². The molecule has 2 aliphatic heterocycles. The van der Waals surface area contributed by atoms with E-state index in [2.05, 4.69) is 38.3 Å².